The molecule has 3 nitrogen and oxygen atoms in total. The molecular formula is C18H18Cl2F2N2O. The zero-order valence-electron chi connectivity index (χ0n) is 13.9. The van der Waals surface area contributed by atoms with Crippen LogP contribution in [0.3, 0.4) is 0 Å². The molecule has 2 heterocycles. The average Bonchev–Trinajstić information content (AvgIpc) is 2.80. The molecule has 1 aromatic carbocycles. The van der Waals surface area contributed by atoms with Gasteiger partial charge in [0.25, 0.3) is 0 Å². The summed E-state index contributed by atoms with van der Waals surface area (Å²) in [5, 5.41) is 0. The Bertz CT molecular complexity index is 812. The topological polar surface area (TPSA) is 33.2 Å². The van der Waals surface area contributed by atoms with Gasteiger partial charge in [-0.3, -0.25) is 9.78 Å². The summed E-state index contributed by atoms with van der Waals surface area (Å²) >= 11 is 5.70. The molecule has 2 aromatic rings. The van der Waals surface area contributed by atoms with Gasteiger partial charge >= 0.3 is 0 Å². The molecule has 1 aliphatic heterocycles. The van der Waals surface area contributed by atoms with E-state index in [1.807, 2.05) is 19.9 Å². The number of hydrogen-bond acceptors (Lipinski definition) is 2. The van der Waals surface area contributed by atoms with Crippen molar-refractivity contribution in [2.24, 2.45) is 0 Å². The van der Waals surface area contributed by atoms with Crippen molar-refractivity contribution in [2.75, 3.05) is 17.3 Å². The quantitative estimate of drug-likeness (QED) is 0.739. The molecule has 1 aromatic heterocycles. The number of fused-ring (bicyclic) bond motifs is 1. The van der Waals surface area contributed by atoms with Crippen molar-refractivity contribution in [3.63, 3.8) is 0 Å². The molecule has 0 saturated heterocycles. The van der Waals surface area contributed by atoms with Crippen LogP contribution < -0.4 is 4.90 Å². The number of nitrogens with zero attached hydrogens (tertiary/aromatic N) is 2. The maximum absolute atomic E-state index is 13.9. The molecule has 0 saturated carbocycles. The van der Waals surface area contributed by atoms with Crippen LogP contribution in [-0.4, -0.2) is 23.3 Å². The smallest absolute Gasteiger partial charge is 0.241 e. The number of anilines is 1. The lowest BCUT2D eigenvalue weighted by molar-refractivity contribution is -0.116. The molecule has 1 aliphatic rings. The second-order valence-electron chi connectivity index (χ2n) is 6.62. The number of halogens is 4. The van der Waals surface area contributed by atoms with Gasteiger partial charge in [0, 0.05) is 30.6 Å². The van der Waals surface area contributed by atoms with Crippen molar-refractivity contribution in [3.8, 4) is 0 Å². The van der Waals surface area contributed by atoms with Crippen LogP contribution in [-0.2, 0) is 16.6 Å². The fourth-order valence-electron chi connectivity index (χ4n) is 3.05. The zero-order valence-corrected chi connectivity index (χ0v) is 15.4. The van der Waals surface area contributed by atoms with E-state index in [4.69, 9.17) is 11.6 Å². The standard InChI is InChI=1S/C18H17ClF2N2O.ClH/c1-18(2)10-23(16(24)8-19)15-6-11(9-22-17(15)18)5-12-3-4-13(20)7-14(12)21;/h3-4,6-7,9H,5,8,10H2,1-2H3;1H. The Morgan fingerprint density at radius 1 is 1.32 bits per heavy atom. The van der Waals surface area contributed by atoms with Crippen LogP contribution in [0.1, 0.15) is 30.7 Å². The fourth-order valence-corrected chi connectivity index (χ4v) is 3.20. The van der Waals surface area contributed by atoms with E-state index in [9.17, 15) is 13.6 Å². The van der Waals surface area contributed by atoms with Crippen LogP contribution in [0.4, 0.5) is 14.5 Å². The summed E-state index contributed by atoms with van der Waals surface area (Å²) < 4.78 is 26.9. The van der Waals surface area contributed by atoms with E-state index >= 15 is 0 Å². The van der Waals surface area contributed by atoms with Gasteiger partial charge in [0.05, 0.1) is 11.4 Å². The molecule has 0 unspecified atom stereocenters. The Labute approximate surface area is 156 Å². The highest BCUT2D eigenvalue weighted by Crippen LogP contribution is 2.39. The zero-order chi connectivity index (χ0) is 17.5. The SMILES string of the molecule is CC1(C)CN(C(=O)CCl)c2cc(Cc3ccc(F)cc3F)cnc21.Cl. The van der Waals surface area contributed by atoms with E-state index in [1.165, 1.54) is 12.1 Å². The van der Waals surface area contributed by atoms with E-state index in [0.29, 0.717) is 17.8 Å². The maximum atomic E-state index is 13.9. The van der Waals surface area contributed by atoms with Gasteiger partial charge in [0.15, 0.2) is 0 Å². The maximum Gasteiger partial charge on any atom is 0.241 e. The van der Waals surface area contributed by atoms with Crippen LogP contribution >= 0.6 is 24.0 Å². The molecular weight excluding hydrogens is 369 g/mol. The van der Waals surface area contributed by atoms with E-state index < -0.39 is 11.6 Å². The second-order valence-corrected chi connectivity index (χ2v) is 6.89. The van der Waals surface area contributed by atoms with E-state index in [-0.39, 0.29) is 36.0 Å². The molecule has 0 atom stereocenters. The highest BCUT2D eigenvalue weighted by atomic mass is 35.5. The summed E-state index contributed by atoms with van der Waals surface area (Å²) in [7, 11) is 0. The monoisotopic (exact) mass is 386 g/mol. The van der Waals surface area contributed by atoms with Gasteiger partial charge in [-0.25, -0.2) is 8.78 Å². The molecule has 0 bridgehead atoms. The van der Waals surface area contributed by atoms with Crippen molar-refractivity contribution < 1.29 is 13.6 Å². The fraction of sp³-hybridized carbons (Fsp3) is 0.333. The van der Waals surface area contributed by atoms with Gasteiger partial charge < -0.3 is 4.90 Å². The van der Waals surface area contributed by atoms with Gasteiger partial charge in [-0.05, 0) is 23.3 Å². The van der Waals surface area contributed by atoms with E-state index in [1.54, 1.807) is 11.1 Å². The lowest BCUT2D eigenvalue weighted by atomic mass is 9.91. The van der Waals surface area contributed by atoms with Gasteiger partial charge in [0.2, 0.25) is 5.91 Å². The summed E-state index contributed by atoms with van der Waals surface area (Å²) in [5.41, 5.74) is 2.40. The predicted octanol–water partition coefficient (Wildman–Crippen LogP) is 4.24. The third kappa shape index (κ3) is 3.77. The molecule has 134 valence electrons. The first-order valence-electron chi connectivity index (χ1n) is 7.61. The van der Waals surface area contributed by atoms with Crippen LogP contribution in [0, 0.1) is 11.6 Å². The molecule has 1 amide bonds. The lowest BCUT2D eigenvalue weighted by Gasteiger charge is -2.19. The summed E-state index contributed by atoms with van der Waals surface area (Å²) in [6.07, 6.45) is 1.95. The number of rotatable bonds is 3. The van der Waals surface area contributed by atoms with Gasteiger partial charge in [-0.15, -0.1) is 24.0 Å². The largest absolute Gasteiger partial charge is 0.309 e. The first-order valence-corrected chi connectivity index (χ1v) is 8.15. The summed E-state index contributed by atoms with van der Waals surface area (Å²) in [4.78, 5) is 18.2. The van der Waals surface area contributed by atoms with Gasteiger partial charge in [0.1, 0.15) is 17.5 Å². The van der Waals surface area contributed by atoms with Crippen LogP contribution in [0.25, 0.3) is 0 Å². The Kier molecular flexibility index (Phi) is 5.69. The van der Waals surface area contributed by atoms with Crippen LogP contribution in [0.5, 0.6) is 0 Å². The number of alkyl halides is 1. The Morgan fingerprint density at radius 3 is 2.68 bits per heavy atom. The molecule has 0 radical (unpaired) electrons. The number of carbonyl (C=O) groups excluding carboxylic acids is 1. The molecule has 3 rings (SSSR count). The third-order valence-electron chi connectivity index (χ3n) is 4.23. The summed E-state index contributed by atoms with van der Waals surface area (Å²) in [6, 6.07) is 5.35. The number of aromatic nitrogens is 1. The van der Waals surface area contributed by atoms with Crippen molar-refractivity contribution in [1.82, 2.24) is 4.98 Å². The van der Waals surface area contributed by atoms with E-state index in [0.717, 1.165) is 17.3 Å². The highest BCUT2D eigenvalue weighted by molar-refractivity contribution is 6.29. The predicted molar refractivity (Wildman–Crippen MR) is 96.7 cm³/mol. The Balaban J connectivity index is 0.00000225. The third-order valence-corrected chi connectivity index (χ3v) is 4.46. The number of benzene rings is 1. The van der Waals surface area contributed by atoms with Crippen LogP contribution in [0.15, 0.2) is 30.5 Å². The van der Waals surface area contributed by atoms with Crippen molar-refractivity contribution >= 4 is 35.6 Å². The lowest BCUT2D eigenvalue weighted by Crippen LogP contribution is -2.34. The van der Waals surface area contributed by atoms with Crippen molar-refractivity contribution in [2.45, 2.75) is 25.7 Å². The normalized spacial score (nSPS) is 14.8. The number of carbonyl (C=O) groups is 1. The van der Waals surface area contributed by atoms with Crippen molar-refractivity contribution in [1.29, 1.82) is 0 Å². The Morgan fingerprint density at radius 2 is 2.04 bits per heavy atom. The second kappa shape index (κ2) is 7.26. The van der Waals surface area contributed by atoms with E-state index in [2.05, 4.69) is 4.98 Å². The highest BCUT2D eigenvalue weighted by Gasteiger charge is 2.39. The molecule has 0 N–H and O–H groups in total. The molecule has 25 heavy (non-hydrogen) atoms. The molecule has 7 heteroatoms. The van der Waals surface area contributed by atoms with Gasteiger partial charge in [-0.1, -0.05) is 19.9 Å². The first kappa shape index (κ1) is 19.6. The minimum atomic E-state index is -0.607. The molecule has 0 fully saturated rings. The summed E-state index contributed by atoms with van der Waals surface area (Å²) in [6.45, 7) is 4.54. The molecule has 0 spiro atoms. The first-order chi connectivity index (χ1) is 11.3. The minimum Gasteiger partial charge on any atom is -0.309 e. The summed E-state index contributed by atoms with van der Waals surface area (Å²) in [5.74, 6) is -1.49. The Hall–Kier alpha value is -1.72. The average molecular weight is 387 g/mol. The number of amides is 1. The van der Waals surface area contributed by atoms with Crippen molar-refractivity contribution in [3.05, 3.63) is 58.9 Å². The molecule has 0 aliphatic carbocycles. The number of pyridine rings is 1. The van der Waals surface area contributed by atoms with Crippen LogP contribution in [0.2, 0.25) is 0 Å². The number of hydrogen-bond donors (Lipinski definition) is 0. The minimum absolute atomic E-state index is 0. The van der Waals surface area contributed by atoms with Gasteiger partial charge in [-0.2, -0.15) is 0 Å².